The Balaban J connectivity index is 2.07. The third-order valence-electron chi connectivity index (χ3n) is 3.58. The van der Waals surface area contributed by atoms with Gasteiger partial charge in [-0.05, 0) is 29.5 Å². The van der Waals surface area contributed by atoms with Crippen LogP contribution in [0.4, 0.5) is 0 Å². The van der Waals surface area contributed by atoms with Gasteiger partial charge in [0.05, 0.1) is 6.10 Å². The smallest absolute Gasteiger partial charge is 0.125 e. The molecule has 1 N–H and O–H groups in total. The molecule has 0 radical (unpaired) electrons. The summed E-state index contributed by atoms with van der Waals surface area (Å²) in [6.45, 7) is 8.88. The average molecular weight is 284 g/mol. The van der Waals surface area contributed by atoms with Gasteiger partial charge in [-0.1, -0.05) is 63.2 Å². The molecular weight excluding hydrogens is 260 g/mol. The van der Waals surface area contributed by atoms with E-state index in [0.29, 0.717) is 6.61 Å². The van der Waals surface area contributed by atoms with Crippen LogP contribution in [0.1, 0.15) is 50.5 Å². The Kier molecular flexibility index (Phi) is 4.69. The molecule has 2 aromatic carbocycles. The fourth-order valence-electron chi connectivity index (χ4n) is 2.22. The molecule has 0 saturated carbocycles. The lowest BCUT2D eigenvalue weighted by molar-refractivity contribution is 0.190. The second-order valence-corrected chi connectivity index (χ2v) is 6.45. The Morgan fingerprint density at radius 3 is 2.19 bits per heavy atom. The average Bonchev–Trinajstić information content (AvgIpc) is 2.45. The van der Waals surface area contributed by atoms with Crippen molar-refractivity contribution in [1.82, 2.24) is 0 Å². The van der Waals surface area contributed by atoms with Gasteiger partial charge in [0.2, 0.25) is 0 Å². The van der Waals surface area contributed by atoms with Crippen molar-refractivity contribution in [2.45, 2.75) is 45.8 Å². The van der Waals surface area contributed by atoms with Crippen molar-refractivity contribution >= 4 is 0 Å². The van der Waals surface area contributed by atoms with E-state index in [1.807, 2.05) is 24.3 Å². The molecule has 0 aromatic heterocycles. The summed E-state index contributed by atoms with van der Waals surface area (Å²) in [7, 11) is 0. The molecule has 0 bridgehead atoms. The molecule has 1 unspecified atom stereocenters. The first-order chi connectivity index (χ1) is 9.88. The zero-order chi connectivity index (χ0) is 15.5. The molecule has 2 nitrogen and oxygen atoms in total. The normalized spacial score (nSPS) is 13.0. The Morgan fingerprint density at radius 2 is 1.62 bits per heavy atom. The highest BCUT2D eigenvalue weighted by atomic mass is 16.5. The number of para-hydroxylation sites is 1. The molecular formula is C19H24O2. The molecule has 1 atom stereocenters. The third-order valence-corrected chi connectivity index (χ3v) is 3.58. The molecule has 0 spiro atoms. The van der Waals surface area contributed by atoms with Crippen molar-refractivity contribution in [2.75, 3.05) is 0 Å². The molecule has 2 rings (SSSR count). The molecule has 0 fully saturated rings. The minimum absolute atomic E-state index is 0.165. The summed E-state index contributed by atoms with van der Waals surface area (Å²) in [5, 5.41) is 9.75. The van der Waals surface area contributed by atoms with Crippen molar-refractivity contribution in [2.24, 2.45) is 0 Å². The molecule has 2 heteroatoms. The van der Waals surface area contributed by atoms with Gasteiger partial charge in [0.15, 0.2) is 0 Å². The Labute approximate surface area is 127 Å². The first kappa shape index (κ1) is 15.6. The largest absolute Gasteiger partial charge is 0.489 e. The summed E-state index contributed by atoms with van der Waals surface area (Å²) in [4.78, 5) is 0. The standard InChI is InChI=1S/C19H24O2/c1-14(20)17-7-5-6-8-18(17)21-13-15-9-11-16(12-10-15)19(2,3)4/h5-12,14,20H,13H2,1-4H3. The van der Waals surface area contributed by atoms with Crippen LogP contribution in [-0.4, -0.2) is 5.11 Å². The minimum atomic E-state index is -0.524. The lowest BCUT2D eigenvalue weighted by Crippen LogP contribution is -2.10. The van der Waals surface area contributed by atoms with E-state index in [0.717, 1.165) is 16.9 Å². The molecule has 0 saturated heterocycles. The summed E-state index contributed by atoms with van der Waals surface area (Å²) < 4.78 is 5.85. The Hall–Kier alpha value is -1.80. The summed E-state index contributed by atoms with van der Waals surface area (Å²) in [5.41, 5.74) is 3.43. The molecule has 0 heterocycles. The Bertz CT molecular complexity index is 577. The van der Waals surface area contributed by atoms with E-state index in [1.165, 1.54) is 5.56 Å². The van der Waals surface area contributed by atoms with E-state index < -0.39 is 6.10 Å². The zero-order valence-corrected chi connectivity index (χ0v) is 13.3. The highest BCUT2D eigenvalue weighted by Crippen LogP contribution is 2.26. The fourth-order valence-corrected chi connectivity index (χ4v) is 2.22. The van der Waals surface area contributed by atoms with Crippen LogP contribution in [-0.2, 0) is 12.0 Å². The van der Waals surface area contributed by atoms with E-state index >= 15 is 0 Å². The molecule has 21 heavy (non-hydrogen) atoms. The zero-order valence-electron chi connectivity index (χ0n) is 13.3. The van der Waals surface area contributed by atoms with Gasteiger partial charge in [0.1, 0.15) is 12.4 Å². The minimum Gasteiger partial charge on any atom is -0.489 e. The van der Waals surface area contributed by atoms with Gasteiger partial charge in [-0.25, -0.2) is 0 Å². The van der Waals surface area contributed by atoms with Crippen molar-refractivity contribution < 1.29 is 9.84 Å². The number of rotatable bonds is 4. The SMILES string of the molecule is CC(O)c1ccccc1OCc1ccc(C(C)(C)C)cc1. The van der Waals surface area contributed by atoms with Crippen LogP contribution in [0.2, 0.25) is 0 Å². The van der Waals surface area contributed by atoms with E-state index in [1.54, 1.807) is 6.92 Å². The van der Waals surface area contributed by atoms with Gasteiger partial charge in [-0.2, -0.15) is 0 Å². The second kappa shape index (κ2) is 6.31. The number of benzene rings is 2. The van der Waals surface area contributed by atoms with Crippen LogP contribution < -0.4 is 4.74 Å². The maximum Gasteiger partial charge on any atom is 0.125 e. The summed E-state index contributed by atoms with van der Waals surface area (Å²) in [5.74, 6) is 0.743. The van der Waals surface area contributed by atoms with Gasteiger partial charge in [-0.15, -0.1) is 0 Å². The highest BCUT2D eigenvalue weighted by Gasteiger charge is 2.13. The summed E-state index contributed by atoms with van der Waals surface area (Å²) in [6, 6.07) is 16.1. The predicted octanol–water partition coefficient (Wildman–Crippen LogP) is 4.62. The summed E-state index contributed by atoms with van der Waals surface area (Å²) >= 11 is 0. The van der Waals surface area contributed by atoms with E-state index in [9.17, 15) is 5.11 Å². The van der Waals surface area contributed by atoms with E-state index in [2.05, 4.69) is 45.0 Å². The van der Waals surface area contributed by atoms with Crippen LogP contribution in [0.5, 0.6) is 5.75 Å². The van der Waals surface area contributed by atoms with Gasteiger partial charge in [0, 0.05) is 5.56 Å². The maximum atomic E-state index is 9.75. The quantitative estimate of drug-likeness (QED) is 0.888. The molecule has 2 aromatic rings. The fraction of sp³-hybridized carbons (Fsp3) is 0.368. The van der Waals surface area contributed by atoms with Crippen LogP contribution in [0.15, 0.2) is 48.5 Å². The first-order valence-corrected chi connectivity index (χ1v) is 7.37. The predicted molar refractivity (Wildman–Crippen MR) is 86.5 cm³/mol. The number of hydrogen-bond donors (Lipinski definition) is 1. The molecule has 0 aliphatic carbocycles. The number of hydrogen-bond acceptors (Lipinski definition) is 2. The van der Waals surface area contributed by atoms with Crippen molar-refractivity contribution in [1.29, 1.82) is 0 Å². The monoisotopic (exact) mass is 284 g/mol. The molecule has 0 amide bonds. The number of aliphatic hydroxyl groups excluding tert-OH is 1. The topological polar surface area (TPSA) is 29.5 Å². The first-order valence-electron chi connectivity index (χ1n) is 7.37. The van der Waals surface area contributed by atoms with Crippen molar-refractivity contribution in [3.63, 3.8) is 0 Å². The lowest BCUT2D eigenvalue weighted by Gasteiger charge is -2.19. The Morgan fingerprint density at radius 1 is 1.00 bits per heavy atom. The molecule has 0 aliphatic rings. The molecule has 112 valence electrons. The number of aliphatic hydroxyl groups is 1. The van der Waals surface area contributed by atoms with E-state index in [4.69, 9.17) is 4.74 Å². The van der Waals surface area contributed by atoms with Crippen LogP contribution in [0.3, 0.4) is 0 Å². The van der Waals surface area contributed by atoms with Gasteiger partial charge in [-0.3, -0.25) is 0 Å². The highest BCUT2D eigenvalue weighted by molar-refractivity contribution is 5.35. The summed E-state index contributed by atoms with van der Waals surface area (Å²) in [6.07, 6.45) is -0.524. The van der Waals surface area contributed by atoms with Gasteiger partial charge < -0.3 is 9.84 Å². The van der Waals surface area contributed by atoms with Crippen LogP contribution >= 0.6 is 0 Å². The van der Waals surface area contributed by atoms with E-state index in [-0.39, 0.29) is 5.41 Å². The second-order valence-electron chi connectivity index (χ2n) is 6.45. The van der Waals surface area contributed by atoms with Crippen LogP contribution in [0, 0.1) is 0 Å². The number of ether oxygens (including phenoxy) is 1. The van der Waals surface area contributed by atoms with Gasteiger partial charge >= 0.3 is 0 Å². The molecule has 0 aliphatic heterocycles. The maximum absolute atomic E-state index is 9.75. The van der Waals surface area contributed by atoms with Crippen molar-refractivity contribution in [3.05, 3.63) is 65.2 Å². The van der Waals surface area contributed by atoms with Crippen molar-refractivity contribution in [3.8, 4) is 5.75 Å². The third kappa shape index (κ3) is 4.08. The van der Waals surface area contributed by atoms with Crippen LogP contribution in [0.25, 0.3) is 0 Å². The lowest BCUT2D eigenvalue weighted by atomic mass is 9.87. The van der Waals surface area contributed by atoms with Gasteiger partial charge in [0.25, 0.3) is 0 Å².